The van der Waals surface area contributed by atoms with Crippen molar-refractivity contribution in [3.63, 3.8) is 0 Å². The van der Waals surface area contributed by atoms with Crippen molar-refractivity contribution in [3.8, 4) is 0 Å². The minimum Gasteiger partial charge on any atom is -0.481 e. The molecule has 0 aromatic heterocycles. The average molecular weight is 278 g/mol. The quantitative estimate of drug-likeness (QED) is 0.746. The number of allylic oxidation sites excluding steroid dienone is 2. The molecule has 2 nitrogen and oxygen atoms in total. The van der Waals surface area contributed by atoms with E-state index in [-0.39, 0.29) is 22.7 Å². The zero-order valence-corrected chi connectivity index (χ0v) is 13.9. The van der Waals surface area contributed by atoms with Crippen LogP contribution in [0.25, 0.3) is 0 Å². The van der Waals surface area contributed by atoms with Gasteiger partial charge in [-0.1, -0.05) is 52.7 Å². The van der Waals surface area contributed by atoms with E-state index in [4.69, 9.17) is 0 Å². The molecule has 0 fully saturated rings. The van der Waals surface area contributed by atoms with Crippen molar-refractivity contribution >= 4 is 5.97 Å². The van der Waals surface area contributed by atoms with Crippen molar-refractivity contribution in [1.82, 2.24) is 0 Å². The zero-order chi connectivity index (χ0) is 15.3. The van der Waals surface area contributed by atoms with Gasteiger partial charge in [0.05, 0.1) is 5.92 Å². The zero-order valence-electron chi connectivity index (χ0n) is 13.9. The average Bonchev–Trinajstić information content (AvgIpc) is 2.66. The van der Waals surface area contributed by atoms with Crippen molar-refractivity contribution in [2.75, 3.05) is 0 Å². The van der Waals surface area contributed by atoms with Gasteiger partial charge in [-0.15, -0.1) is 0 Å². The molecule has 2 atom stereocenters. The maximum Gasteiger partial charge on any atom is 0.307 e. The minimum absolute atomic E-state index is 0.175. The molecule has 2 aliphatic rings. The molecule has 0 bridgehead atoms. The molecule has 0 aromatic carbocycles. The fraction of sp³-hybridized carbons (Fsp3) is 0.833. The monoisotopic (exact) mass is 278 g/mol. The fourth-order valence-corrected chi connectivity index (χ4v) is 4.41. The number of carbonyl (C=O) groups is 1. The van der Waals surface area contributed by atoms with Gasteiger partial charge in [0.1, 0.15) is 0 Å². The van der Waals surface area contributed by atoms with Gasteiger partial charge in [-0.05, 0) is 48.3 Å². The smallest absolute Gasteiger partial charge is 0.307 e. The van der Waals surface area contributed by atoms with Gasteiger partial charge in [0.2, 0.25) is 0 Å². The third-order valence-electron chi connectivity index (χ3n) is 5.57. The molecular weight excluding hydrogens is 248 g/mol. The summed E-state index contributed by atoms with van der Waals surface area (Å²) >= 11 is 0. The lowest BCUT2D eigenvalue weighted by Gasteiger charge is -2.43. The Morgan fingerprint density at radius 3 is 2.25 bits per heavy atom. The molecule has 2 rings (SSSR count). The molecule has 1 N–H and O–H groups in total. The number of aliphatic carboxylic acids is 1. The summed E-state index contributed by atoms with van der Waals surface area (Å²) in [5, 5.41) is 9.66. The standard InChI is InChI=1S/C18H30O2/c1-11(2)9-12-13(16(19)20)10-14-15(12)18(5,6)8-7-17(14,3)4/h11-13H,7-10H2,1-6H3,(H,19,20). The lowest BCUT2D eigenvalue weighted by Crippen LogP contribution is -2.32. The molecule has 0 saturated carbocycles. The second-order valence-corrected chi connectivity index (χ2v) is 8.54. The van der Waals surface area contributed by atoms with Crippen LogP contribution in [0, 0.1) is 28.6 Å². The molecule has 0 amide bonds. The van der Waals surface area contributed by atoms with Crippen LogP contribution >= 0.6 is 0 Å². The summed E-state index contributed by atoms with van der Waals surface area (Å²) in [6.45, 7) is 13.6. The van der Waals surface area contributed by atoms with Crippen LogP contribution in [-0.4, -0.2) is 11.1 Å². The molecule has 0 saturated heterocycles. The van der Waals surface area contributed by atoms with Crippen molar-refractivity contribution in [2.45, 2.75) is 67.2 Å². The Balaban J connectivity index is 2.49. The first kappa shape index (κ1) is 15.6. The minimum atomic E-state index is -0.600. The van der Waals surface area contributed by atoms with Crippen molar-refractivity contribution < 1.29 is 9.90 Å². The van der Waals surface area contributed by atoms with Gasteiger partial charge in [-0.2, -0.15) is 0 Å². The van der Waals surface area contributed by atoms with Gasteiger partial charge >= 0.3 is 5.97 Å². The summed E-state index contributed by atoms with van der Waals surface area (Å²) in [4.78, 5) is 11.7. The topological polar surface area (TPSA) is 37.3 Å². The van der Waals surface area contributed by atoms with E-state index in [9.17, 15) is 9.90 Å². The first-order valence-electron chi connectivity index (χ1n) is 8.03. The van der Waals surface area contributed by atoms with Gasteiger partial charge in [0, 0.05) is 0 Å². The first-order valence-corrected chi connectivity index (χ1v) is 8.03. The molecule has 20 heavy (non-hydrogen) atoms. The number of carboxylic acids is 1. The molecule has 0 heterocycles. The first-order chi connectivity index (χ1) is 9.06. The highest BCUT2D eigenvalue weighted by molar-refractivity contribution is 5.73. The highest BCUT2D eigenvalue weighted by atomic mass is 16.4. The predicted molar refractivity (Wildman–Crippen MR) is 82.5 cm³/mol. The Morgan fingerprint density at radius 2 is 1.75 bits per heavy atom. The summed E-state index contributed by atoms with van der Waals surface area (Å²) in [5.41, 5.74) is 3.32. The van der Waals surface area contributed by atoms with Crippen molar-refractivity contribution in [2.24, 2.45) is 28.6 Å². The summed E-state index contributed by atoms with van der Waals surface area (Å²) in [7, 11) is 0. The van der Waals surface area contributed by atoms with E-state index in [2.05, 4.69) is 41.5 Å². The van der Waals surface area contributed by atoms with E-state index in [1.54, 1.807) is 0 Å². The van der Waals surface area contributed by atoms with E-state index in [1.807, 2.05) is 0 Å². The van der Waals surface area contributed by atoms with Gasteiger partial charge in [-0.25, -0.2) is 0 Å². The second kappa shape index (κ2) is 4.89. The van der Waals surface area contributed by atoms with Crippen LogP contribution in [0.5, 0.6) is 0 Å². The molecular formula is C18H30O2. The summed E-state index contributed by atoms with van der Waals surface area (Å²) in [5.74, 6) is 0.00214. The molecule has 2 heteroatoms. The van der Waals surface area contributed by atoms with Crippen molar-refractivity contribution in [1.29, 1.82) is 0 Å². The van der Waals surface area contributed by atoms with Crippen LogP contribution in [0.3, 0.4) is 0 Å². The van der Waals surface area contributed by atoms with Crippen LogP contribution in [-0.2, 0) is 4.79 Å². The fourth-order valence-electron chi connectivity index (χ4n) is 4.41. The van der Waals surface area contributed by atoms with Crippen LogP contribution in [0.2, 0.25) is 0 Å². The number of hydrogen-bond donors (Lipinski definition) is 1. The molecule has 0 spiro atoms. The summed E-state index contributed by atoms with van der Waals surface area (Å²) in [6, 6.07) is 0. The molecule has 0 radical (unpaired) electrons. The predicted octanol–water partition coefficient (Wildman–Crippen LogP) is 4.90. The molecule has 114 valence electrons. The van der Waals surface area contributed by atoms with Crippen LogP contribution in [0.1, 0.15) is 67.2 Å². The Kier molecular flexibility index (Phi) is 3.81. The lowest BCUT2D eigenvalue weighted by molar-refractivity contribution is -0.143. The Morgan fingerprint density at radius 1 is 1.20 bits per heavy atom. The van der Waals surface area contributed by atoms with Gasteiger partial charge in [0.15, 0.2) is 0 Å². The SMILES string of the molecule is CC(C)CC1C2=C(CC1C(=O)O)C(C)(C)CCC2(C)C. The van der Waals surface area contributed by atoms with Crippen LogP contribution in [0.4, 0.5) is 0 Å². The Hall–Kier alpha value is -0.790. The van der Waals surface area contributed by atoms with E-state index < -0.39 is 5.97 Å². The van der Waals surface area contributed by atoms with E-state index in [1.165, 1.54) is 24.0 Å². The molecule has 2 unspecified atom stereocenters. The second-order valence-electron chi connectivity index (χ2n) is 8.54. The number of carboxylic acid groups (broad SMARTS) is 1. The molecule has 0 aliphatic heterocycles. The number of rotatable bonds is 3. The van der Waals surface area contributed by atoms with Gasteiger partial charge in [0.25, 0.3) is 0 Å². The summed E-state index contributed by atoms with van der Waals surface area (Å²) in [6.07, 6.45) is 4.15. The number of hydrogen-bond acceptors (Lipinski definition) is 1. The van der Waals surface area contributed by atoms with Gasteiger partial charge in [-0.3, -0.25) is 4.79 Å². The Labute approximate surface area is 123 Å². The third kappa shape index (κ3) is 2.54. The normalized spacial score (nSPS) is 31.6. The highest BCUT2D eigenvalue weighted by Crippen LogP contribution is 2.59. The lowest BCUT2D eigenvalue weighted by atomic mass is 9.62. The highest BCUT2D eigenvalue weighted by Gasteiger charge is 2.50. The summed E-state index contributed by atoms with van der Waals surface area (Å²) < 4.78 is 0. The van der Waals surface area contributed by atoms with Crippen LogP contribution < -0.4 is 0 Å². The largest absolute Gasteiger partial charge is 0.481 e. The van der Waals surface area contributed by atoms with Gasteiger partial charge < -0.3 is 5.11 Å². The molecule has 0 aromatic rings. The van der Waals surface area contributed by atoms with E-state index in [0.717, 1.165) is 12.8 Å². The van der Waals surface area contributed by atoms with E-state index in [0.29, 0.717) is 5.92 Å². The van der Waals surface area contributed by atoms with Crippen LogP contribution in [0.15, 0.2) is 11.1 Å². The Bertz CT molecular complexity index is 440. The van der Waals surface area contributed by atoms with Crippen molar-refractivity contribution in [3.05, 3.63) is 11.1 Å². The molecule has 2 aliphatic carbocycles. The third-order valence-corrected chi connectivity index (χ3v) is 5.57. The maximum absolute atomic E-state index is 11.7. The van der Waals surface area contributed by atoms with E-state index >= 15 is 0 Å². The maximum atomic E-state index is 11.7.